The van der Waals surface area contributed by atoms with E-state index < -0.39 is 0 Å². The highest BCUT2D eigenvalue weighted by atomic mass is 16.2. The third-order valence-corrected chi connectivity index (χ3v) is 1.90. The van der Waals surface area contributed by atoms with Crippen LogP contribution in [0, 0.1) is 0 Å². The first-order chi connectivity index (χ1) is 6.52. The Hall–Kier alpha value is -1.52. The summed E-state index contributed by atoms with van der Waals surface area (Å²) in [6, 6.07) is 0. The second kappa shape index (κ2) is 4.13. The van der Waals surface area contributed by atoms with E-state index in [1.807, 2.05) is 13.8 Å². The predicted octanol–water partition coefficient (Wildman–Crippen LogP) is -0.416. The number of hydrogen-bond donors (Lipinski definition) is 1. The highest BCUT2D eigenvalue weighted by molar-refractivity contribution is 6.20. The van der Waals surface area contributed by atoms with E-state index in [4.69, 9.17) is 5.73 Å². The van der Waals surface area contributed by atoms with Crippen molar-refractivity contribution in [3.8, 4) is 0 Å². The molecule has 0 fully saturated rings. The van der Waals surface area contributed by atoms with Crippen molar-refractivity contribution in [2.24, 2.45) is 10.7 Å². The van der Waals surface area contributed by atoms with Crippen LogP contribution >= 0.6 is 0 Å². The van der Waals surface area contributed by atoms with Gasteiger partial charge in [0.25, 0.3) is 0 Å². The molecule has 0 saturated carbocycles. The second-order valence-corrected chi connectivity index (χ2v) is 3.49. The summed E-state index contributed by atoms with van der Waals surface area (Å²) in [6.45, 7) is 4.29. The molecular weight excluding hydrogens is 177 g/mol. The van der Waals surface area contributed by atoms with Crippen LogP contribution < -0.4 is 5.73 Å². The number of rotatable bonds is 2. The molecule has 1 amide bonds. The Morgan fingerprint density at radius 3 is 2.71 bits per heavy atom. The van der Waals surface area contributed by atoms with E-state index >= 15 is 0 Å². The van der Waals surface area contributed by atoms with Crippen LogP contribution in [0.2, 0.25) is 0 Å². The minimum atomic E-state index is -0.0392. The standard InChI is InChI=1S/C9H14BN3O/c1-6(2)12-4-3-7-8(11)5-13(10)9(7)14/h3-4H,5,10-11H2,1-2H3/b4-3-. The molecule has 0 aromatic carbocycles. The first kappa shape index (κ1) is 10.6. The fourth-order valence-corrected chi connectivity index (χ4v) is 1.19. The second-order valence-electron chi connectivity index (χ2n) is 3.49. The van der Waals surface area contributed by atoms with Crippen LogP contribution in [0.1, 0.15) is 13.8 Å². The first-order valence-corrected chi connectivity index (χ1v) is 4.44. The molecule has 4 nitrogen and oxygen atoms in total. The van der Waals surface area contributed by atoms with Crippen LogP contribution in [0.4, 0.5) is 0 Å². The molecule has 74 valence electrons. The minimum Gasteiger partial charge on any atom is -0.400 e. The van der Waals surface area contributed by atoms with Gasteiger partial charge in [-0.1, -0.05) is 0 Å². The number of nitrogens with zero attached hydrogens (tertiary/aromatic N) is 2. The summed E-state index contributed by atoms with van der Waals surface area (Å²) >= 11 is 0. The molecule has 0 radical (unpaired) electrons. The van der Waals surface area contributed by atoms with Gasteiger partial charge in [0.15, 0.2) is 0 Å². The van der Waals surface area contributed by atoms with Crippen molar-refractivity contribution in [2.75, 3.05) is 6.54 Å². The smallest absolute Gasteiger partial charge is 0.243 e. The number of hydrogen-bond acceptors (Lipinski definition) is 3. The molecule has 1 rings (SSSR count). The molecule has 5 heteroatoms. The molecular formula is C9H14BN3O. The lowest BCUT2D eigenvalue weighted by Crippen LogP contribution is -2.23. The van der Waals surface area contributed by atoms with E-state index in [0.29, 0.717) is 17.8 Å². The SMILES string of the molecule is BN1CC(N)=C(/C=C\N=C(C)C)C1=O. The van der Waals surface area contributed by atoms with Crippen LogP contribution in [0.3, 0.4) is 0 Å². The van der Waals surface area contributed by atoms with Gasteiger partial charge in [0.1, 0.15) is 0 Å². The van der Waals surface area contributed by atoms with E-state index in [9.17, 15) is 4.79 Å². The molecule has 0 aromatic rings. The maximum Gasteiger partial charge on any atom is 0.243 e. The van der Waals surface area contributed by atoms with Crippen LogP contribution in [-0.2, 0) is 4.79 Å². The van der Waals surface area contributed by atoms with Gasteiger partial charge < -0.3 is 10.5 Å². The summed E-state index contributed by atoms with van der Waals surface area (Å²) < 4.78 is 0. The Balaban J connectivity index is 2.79. The van der Waals surface area contributed by atoms with Gasteiger partial charge in [-0.25, -0.2) is 0 Å². The first-order valence-electron chi connectivity index (χ1n) is 4.44. The largest absolute Gasteiger partial charge is 0.400 e. The summed E-state index contributed by atoms with van der Waals surface area (Å²) in [6.07, 6.45) is 3.27. The summed E-state index contributed by atoms with van der Waals surface area (Å²) in [4.78, 5) is 17.1. The molecule has 0 saturated heterocycles. The average Bonchev–Trinajstić information content (AvgIpc) is 2.31. The van der Waals surface area contributed by atoms with Crippen molar-refractivity contribution >= 4 is 19.6 Å². The Labute approximate surface area is 84.6 Å². The number of aliphatic imine (C=N–C) groups is 1. The Bertz CT molecular complexity index is 340. The van der Waals surface area contributed by atoms with Crippen LogP contribution in [0.25, 0.3) is 0 Å². The summed E-state index contributed by atoms with van der Waals surface area (Å²) in [5.74, 6) is -0.0392. The summed E-state index contributed by atoms with van der Waals surface area (Å²) in [5.41, 5.74) is 7.80. The van der Waals surface area contributed by atoms with E-state index in [1.54, 1.807) is 25.1 Å². The summed E-state index contributed by atoms with van der Waals surface area (Å²) in [5, 5.41) is 0. The third kappa shape index (κ3) is 2.25. The highest BCUT2D eigenvalue weighted by Gasteiger charge is 2.22. The maximum atomic E-state index is 11.5. The van der Waals surface area contributed by atoms with Gasteiger partial charge in [0, 0.05) is 24.2 Å². The van der Waals surface area contributed by atoms with Crippen LogP contribution in [0.15, 0.2) is 28.5 Å². The zero-order chi connectivity index (χ0) is 10.7. The number of nitrogens with two attached hydrogens (primary N) is 1. The molecule has 0 aromatic heterocycles. The summed E-state index contributed by atoms with van der Waals surface area (Å²) in [7, 11) is 1.73. The van der Waals surface area contributed by atoms with Gasteiger partial charge in [-0.15, -0.1) is 0 Å². The lowest BCUT2D eigenvalue weighted by Gasteiger charge is -2.06. The predicted molar refractivity (Wildman–Crippen MR) is 59.4 cm³/mol. The molecule has 0 unspecified atom stereocenters. The molecule has 1 aliphatic heterocycles. The van der Waals surface area contributed by atoms with Crippen molar-refractivity contribution in [3.63, 3.8) is 0 Å². The van der Waals surface area contributed by atoms with Gasteiger partial charge in [0.05, 0.1) is 5.57 Å². The molecule has 1 aliphatic rings. The van der Waals surface area contributed by atoms with Crippen molar-refractivity contribution in [3.05, 3.63) is 23.5 Å². The van der Waals surface area contributed by atoms with Crippen molar-refractivity contribution in [1.82, 2.24) is 4.81 Å². The molecule has 1 heterocycles. The van der Waals surface area contributed by atoms with E-state index in [-0.39, 0.29) is 5.91 Å². The molecule has 14 heavy (non-hydrogen) atoms. The zero-order valence-corrected chi connectivity index (χ0v) is 8.74. The van der Waals surface area contributed by atoms with Gasteiger partial charge in [-0.05, 0) is 19.9 Å². The molecule has 2 N–H and O–H groups in total. The average molecular weight is 191 g/mol. The van der Waals surface area contributed by atoms with E-state index in [0.717, 1.165) is 5.71 Å². The normalized spacial score (nSPS) is 17.0. The maximum absolute atomic E-state index is 11.5. The Morgan fingerprint density at radius 1 is 1.64 bits per heavy atom. The monoisotopic (exact) mass is 191 g/mol. The van der Waals surface area contributed by atoms with Crippen molar-refractivity contribution < 1.29 is 4.79 Å². The van der Waals surface area contributed by atoms with Crippen molar-refractivity contribution in [1.29, 1.82) is 0 Å². The number of carbonyl (C=O) groups excluding carboxylic acids is 1. The molecule has 0 bridgehead atoms. The third-order valence-electron chi connectivity index (χ3n) is 1.90. The zero-order valence-electron chi connectivity index (χ0n) is 8.74. The van der Waals surface area contributed by atoms with E-state index in [1.165, 1.54) is 0 Å². The Kier molecular flexibility index (Phi) is 3.12. The number of amides is 1. The fraction of sp³-hybridized carbons (Fsp3) is 0.333. The highest BCUT2D eigenvalue weighted by Crippen LogP contribution is 2.14. The van der Waals surface area contributed by atoms with Crippen LogP contribution in [-0.4, -0.2) is 31.0 Å². The fourth-order valence-electron chi connectivity index (χ4n) is 1.19. The van der Waals surface area contributed by atoms with Gasteiger partial charge in [-0.3, -0.25) is 9.79 Å². The lowest BCUT2D eigenvalue weighted by molar-refractivity contribution is -0.121. The topological polar surface area (TPSA) is 58.7 Å². The van der Waals surface area contributed by atoms with Gasteiger partial charge >= 0.3 is 0 Å². The van der Waals surface area contributed by atoms with Gasteiger partial charge in [0.2, 0.25) is 13.9 Å². The number of carbonyl (C=O) groups is 1. The Morgan fingerprint density at radius 2 is 2.29 bits per heavy atom. The van der Waals surface area contributed by atoms with E-state index in [2.05, 4.69) is 4.99 Å². The molecule has 0 spiro atoms. The van der Waals surface area contributed by atoms with Crippen molar-refractivity contribution in [2.45, 2.75) is 13.8 Å². The van der Waals surface area contributed by atoms with Crippen LogP contribution in [0.5, 0.6) is 0 Å². The molecule has 0 atom stereocenters. The quantitative estimate of drug-likeness (QED) is 0.476. The molecule has 0 aliphatic carbocycles. The lowest BCUT2D eigenvalue weighted by atomic mass is 10.2. The minimum absolute atomic E-state index is 0.0392. The van der Waals surface area contributed by atoms with Gasteiger partial charge in [-0.2, -0.15) is 0 Å².